The normalized spacial score (nSPS) is 13.6. The van der Waals surface area contributed by atoms with Crippen LogP contribution in [0.5, 0.6) is 0 Å². The van der Waals surface area contributed by atoms with Gasteiger partial charge in [0, 0.05) is 13.2 Å². The molecule has 1 N–H and O–H groups in total. The van der Waals surface area contributed by atoms with Crippen LogP contribution in [0, 0.1) is 13.8 Å². The van der Waals surface area contributed by atoms with Gasteiger partial charge in [-0.05, 0) is 32.4 Å². The van der Waals surface area contributed by atoms with Crippen molar-refractivity contribution in [1.29, 1.82) is 0 Å². The minimum Gasteiger partial charge on any atom is -0.383 e. The van der Waals surface area contributed by atoms with Crippen LogP contribution in [0.25, 0.3) is 0 Å². The van der Waals surface area contributed by atoms with Gasteiger partial charge in [0.15, 0.2) is 0 Å². The molecule has 0 bridgehead atoms. The number of aryl methyl sites for hydroxylation is 2. The van der Waals surface area contributed by atoms with E-state index >= 15 is 0 Å². The molecule has 1 aromatic carbocycles. The summed E-state index contributed by atoms with van der Waals surface area (Å²) in [5, 5.41) is 0. The first-order valence-corrected chi connectivity index (χ1v) is 6.93. The third-order valence-electron chi connectivity index (χ3n) is 2.39. The van der Waals surface area contributed by atoms with Gasteiger partial charge in [-0.25, -0.2) is 13.1 Å². The Kier molecular flexibility index (Phi) is 4.68. The summed E-state index contributed by atoms with van der Waals surface area (Å²) < 4.78 is 31.7. The van der Waals surface area contributed by atoms with Crippen molar-refractivity contribution < 1.29 is 13.2 Å². The minimum absolute atomic E-state index is 0.245. The zero-order valence-electron chi connectivity index (χ0n) is 10.6. The molecule has 0 aliphatic heterocycles. The van der Waals surface area contributed by atoms with Crippen molar-refractivity contribution in [3.05, 3.63) is 29.3 Å². The van der Waals surface area contributed by atoms with Gasteiger partial charge in [-0.15, -0.1) is 0 Å². The molecule has 0 unspecified atom stereocenters. The van der Waals surface area contributed by atoms with Gasteiger partial charge >= 0.3 is 0 Å². The maximum Gasteiger partial charge on any atom is 0.241 e. The van der Waals surface area contributed by atoms with Crippen LogP contribution < -0.4 is 4.72 Å². The molecule has 1 atom stereocenters. The first kappa shape index (κ1) is 14.2. The zero-order valence-corrected chi connectivity index (χ0v) is 11.5. The van der Waals surface area contributed by atoms with E-state index in [1.54, 1.807) is 33.1 Å². The lowest BCUT2D eigenvalue weighted by Gasteiger charge is -2.14. The molecule has 96 valence electrons. The summed E-state index contributed by atoms with van der Waals surface area (Å²) in [4.78, 5) is 0.325. The number of benzene rings is 1. The fourth-order valence-corrected chi connectivity index (χ4v) is 3.17. The molecule has 0 spiro atoms. The zero-order chi connectivity index (χ0) is 13.1. The van der Waals surface area contributed by atoms with Crippen LogP contribution in [-0.2, 0) is 14.8 Å². The van der Waals surface area contributed by atoms with Crippen molar-refractivity contribution in [2.24, 2.45) is 0 Å². The molecule has 4 nitrogen and oxygen atoms in total. The Morgan fingerprint density at radius 2 is 2.00 bits per heavy atom. The Labute approximate surface area is 103 Å². The van der Waals surface area contributed by atoms with Crippen molar-refractivity contribution in [2.45, 2.75) is 31.7 Å². The average molecular weight is 257 g/mol. The van der Waals surface area contributed by atoms with Gasteiger partial charge in [0.2, 0.25) is 10.0 Å². The Morgan fingerprint density at radius 3 is 2.53 bits per heavy atom. The number of nitrogens with one attached hydrogen (secondary N) is 1. The molecule has 0 radical (unpaired) electrons. The standard InChI is InChI=1S/C12H19NO3S/c1-9-5-6-12(10(2)7-9)17(14,15)13-11(3)8-16-4/h5-7,11,13H,8H2,1-4H3/t11-/m0/s1. The molecule has 17 heavy (non-hydrogen) atoms. The van der Waals surface area contributed by atoms with Gasteiger partial charge in [0.05, 0.1) is 11.5 Å². The van der Waals surface area contributed by atoms with Crippen LogP contribution >= 0.6 is 0 Å². The summed E-state index contributed by atoms with van der Waals surface area (Å²) in [5.41, 5.74) is 1.80. The molecule has 0 heterocycles. The van der Waals surface area contributed by atoms with E-state index in [1.165, 1.54) is 0 Å². The summed E-state index contributed by atoms with van der Waals surface area (Å²) in [7, 11) is -1.92. The maximum absolute atomic E-state index is 12.1. The molecule has 0 aromatic heterocycles. The fourth-order valence-electron chi connectivity index (χ4n) is 1.71. The smallest absolute Gasteiger partial charge is 0.241 e. The summed E-state index contributed by atoms with van der Waals surface area (Å²) in [6, 6.07) is 5.04. The highest BCUT2D eigenvalue weighted by Crippen LogP contribution is 2.16. The van der Waals surface area contributed by atoms with Gasteiger partial charge < -0.3 is 4.74 Å². The van der Waals surface area contributed by atoms with Gasteiger partial charge in [-0.1, -0.05) is 17.7 Å². The van der Waals surface area contributed by atoms with Crippen molar-refractivity contribution in [3.63, 3.8) is 0 Å². The number of rotatable bonds is 5. The van der Waals surface area contributed by atoms with Crippen LogP contribution in [0.15, 0.2) is 23.1 Å². The quantitative estimate of drug-likeness (QED) is 0.872. The Morgan fingerprint density at radius 1 is 1.35 bits per heavy atom. The second kappa shape index (κ2) is 5.62. The van der Waals surface area contributed by atoms with E-state index in [4.69, 9.17) is 4.74 Å². The number of ether oxygens (including phenoxy) is 1. The maximum atomic E-state index is 12.1. The predicted octanol–water partition coefficient (Wildman–Crippen LogP) is 1.62. The second-order valence-corrected chi connectivity index (χ2v) is 5.93. The first-order valence-electron chi connectivity index (χ1n) is 5.45. The molecule has 1 aromatic rings. The molecule has 0 saturated carbocycles. The third kappa shape index (κ3) is 3.80. The Hall–Kier alpha value is -0.910. The minimum atomic E-state index is -3.46. The highest BCUT2D eigenvalue weighted by atomic mass is 32.2. The molecule has 5 heteroatoms. The lowest BCUT2D eigenvalue weighted by atomic mass is 10.2. The monoisotopic (exact) mass is 257 g/mol. The lowest BCUT2D eigenvalue weighted by molar-refractivity contribution is 0.180. The van der Waals surface area contributed by atoms with Crippen LogP contribution in [-0.4, -0.2) is 28.2 Å². The number of methoxy groups -OCH3 is 1. The largest absolute Gasteiger partial charge is 0.383 e. The number of hydrogen-bond acceptors (Lipinski definition) is 3. The van der Waals surface area contributed by atoms with Crippen molar-refractivity contribution in [3.8, 4) is 0 Å². The molecular formula is C12H19NO3S. The van der Waals surface area contributed by atoms with E-state index in [0.29, 0.717) is 11.5 Å². The molecule has 0 amide bonds. The molecule has 1 rings (SSSR count). The highest BCUT2D eigenvalue weighted by molar-refractivity contribution is 7.89. The van der Waals surface area contributed by atoms with Gasteiger partial charge in [0.1, 0.15) is 0 Å². The molecule has 0 fully saturated rings. The fraction of sp³-hybridized carbons (Fsp3) is 0.500. The van der Waals surface area contributed by atoms with E-state index < -0.39 is 10.0 Å². The van der Waals surface area contributed by atoms with Crippen molar-refractivity contribution >= 4 is 10.0 Å². The first-order chi connectivity index (χ1) is 7.86. The highest BCUT2D eigenvalue weighted by Gasteiger charge is 2.19. The van der Waals surface area contributed by atoms with Crippen molar-refractivity contribution in [2.75, 3.05) is 13.7 Å². The van der Waals surface area contributed by atoms with Gasteiger partial charge in [-0.2, -0.15) is 0 Å². The summed E-state index contributed by atoms with van der Waals surface area (Å²) in [6.07, 6.45) is 0. The number of hydrogen-bond donors (Lipinski definition) is 1. The molecule has 0 saturated heterocycles. The summed E-state index contributed by atoms with van der Waals surface area (Å²) >= 11 is 0. The van der Waals surface area contributed by atoms with E-state index in [2.05, 4.69) is 4.72 Å². The van der Waals surface area contributed by atoms with Crippen LogP contribution in [0.2, 0.25) is 0 Å². The molecule has 0 aliphatic rings. The SMILES string of the molecule is COC[C@H](C)NS(=O)(=O)c1ccc(C)cc1C. The van der Waals surface area contributed by atoms with Gasteiger partial charge in [-0.3, -0.25) is 0 Å². The Balaban J connectivity index is 2.97. The van der Waals surface area contributed by atoms with Crippen LogP contribution in [0.1, 0.15) is 18.1 Å². The summed E-state index contributed by atoms with van der Waals surface area (Å²) in [6.45, 7) is 5.85. The van der Waals surface area contributed by atoms with Crippen LogP contribution in [0.4, 0.5) is 0 Å². The molecule has 0 aliphatic carbocycles. The van der Waals surface area contributed by atoms with Gasteiger partial charge in [0.25, 0.3) is 0 Å². The van der Waals surface area contributed by atoms with E-state index in [1.807, 2.05) is 13.0 Å². The predicted molar refractivity (Wildman–Crippen MR) is 67.6 cm³/mol. The topological polar surface area (TPSA) is 55.4 Å². The third-order valence-corrected chi connectivity index (χ3v) is 4.14. The van der Waals surface area contributed by atoms with E-state index in [0.717, 1.165) is 11.1 Å². The molecular weight excluding hydrogens is 238 g/mol. The number of sulfonamides is 1. The second-order valence-electron chi connectivity index (χ2n) is 4.25. The van der Waals surface area contributed by atoms with Crippen molar-refractivity contribution in [1.82, 2.24) is 4.72 Å². The summed E-state index contributed by atoms with van der Waals surface area (Å²) in [5.74, 6) is 0. The average Bonchev–Trinajstić information content (AvgIpc) is 2.15. The van der Waals surface area contributed by atoms with Crippen LogP contribution in [0.3, 0.4) is 0 Å². The van der Waals surface area contributed by atoms with E-state index in [9.17, 15) is 8.42 Å². The van der Waals surface area contributed by atoms with E-state index in [-0.39, 0.29) is 6.04 Å². The Bertz CT molecular complexity index is 483. The lowest BCUT2D eigenvalue weighted by Crippen LogP contribution is -2.35.